The largest absolute Gasteiger partial charge is 0.508 e. The van der Waals surface area contributed by atoms with E-state index in [1.54, 1.807) is 54.1 Å². The van der Waals surface area contributed by atoms with Crippen molar-refractivity contribution >= 4 is 23.7 Å². The molecule has 1 atom stereocenters. The fourth-order valence-electron chi connectivity index (χ4n) is 3.98. The van der Waals surface area contributed by atoms with E-state index in [0.29, 0.717) is 33.7 Å². The van der Waals surface area contributed by atoms with Crippen LogP contribution in [0.3, 0.4) is 0 Å². The molecule has 1 aliphatic heterocycles. The van der Waals surface area contributed by atoms with Crippen LogP contribution in [0.1, 0.15) is 29.7 Å². The fourth-order valence-corrected chi connectivity index (χ4v) is 4.80. The second kappa shape index (κ2) is 10.2. The third-order valence-corrected chi connectivity index (χ3v) is 6.68. The first-order valence-electron chi connectivity index (χ1n) is 11.3. The molecule has 1 aliphatic rings. The molecule has 4 aromatic rings. The third kappa shape index (κ3) is 4.96. The van der Waals surface area contributed by atoms with Crippen molar-refractivity contribution in [1.82, 2.24) is 14.8 Å². The van der Waals surface area contributed by atoms with Gasteiger partial charge in [0.2, 0.25) is 11.1 Å². The van der Waals surface area contributed by atoms with E-state index in [9.17, 15) is 14.3 Å². The number of carbonyl (C=O) groups excluding carboxylic acids is 1. The van der Waals surface area contributed by atoms with Crippen LogP contribution >= 0.6 is 11.8 Å². The van der Waals surface area contributed by atoms with Gasteiger partial charge in [0.05, 0.1) is 5.57 Å². The zero-order chi connectivity index (χ0) is 25.1. The van der Waals surface area contributed by atoms with Crippen molar-refractivity contribution in [3.8, 4) is 5.75 Å². The van der Waals surface area contributed by atoms with Gasteiger partial charge in [-0.25, -0.2) is 13.9 Å². The number of phenols is 1. The van der Waals surface area contributed by atoms with Crippen molar-refractivity contribution in [1.29, 1.82) is 0 Å². The summed E-state index contributed by atoms with van der Waals surface area (Å²) in [6, 6.07) is 22.0. The molecule has 0 amide bonds. The number of allylic oxidation sites excluding steroid dienone is 1. The molecular formula is C27H23FN4O3S. The number of ether oxygens (including phenoxy) is 1. The lowest BCUT2D eigenvalue weighted by molar-refractivity contribution is -0.140. The summed E-state index contributed by atoms with van der Waals surface area (Å²) in [5, 5.41) is 18.1. The Balaban J connectivity index is 1.45. The molecule has 182 valence electrons. The summed E-state index contributed by atoms with van der Waals surface area (Å²) in [6.07, 6.45) is 0. The quantitative estimate of drug-likeness (QED) is 0.257. The molecule has 0 bridgehead atoms. The average Bonchev–Trinajstić information content (AvgIpc) is 3.29. The van der Waals surface area contributed by atoms with Crippen LogP contribution in [0, 0.1) is 5.82 Å². The van der Waals surface area contributed by atoms with Gasteiger partial charge in [0.1, 0.15) is 24.2 Å². The number of nitrogens with one attached hydrogen (secondary N) is 1. The number of fused-ring (bicyclic) bond motifs is 1. The second-order valence-electron chi connectivity index (χ2n) is 8.26. The van der Waals surface area contributed by atoms with Crippen LogP contribution in [0.4, 0.5) is 10.3 Å². The number of rotatable bonds is 7. The highest BCUT2D eigenvalue weighted by atomic mass is 32.2. The first-order chi connectivity index (χ1) is 17.5. The monoisotopic (exact) mass is 502 g/mol. The fraction of sp³-hybridized carbons (Fsp3) is 0.148. The number of aromatic nitrogens is 3. The van der Waals surface area contributed by atoms with E-state index >= 15 is 0 Å². The van der Waals surface area contributed by atoms with Gasteiger partial charge >= 0.3 is 5.97 Å². The molecule has 7 nitrogen and oxygen atoms in total. The zero-order valence-electron chi connectivity index (χ0n) is 19.4. The number of anilines is 1. The molecule has 9 heteroatoms. The molecule has 36 heavy (non-hydrogen) atoms. The molecule has 0 saturated carbocycles. The van der Waals surface area contributed by atoms with Crippen molar-refractivity contribution in [3.63, 3.8) is 0 Å². The molecule has 2 N–H and O–H groups in total. The Kier molecular flexibility index (Phi) is 6.73. The number of phenolic OH excluding ortho intramolecular Hbond substituents is 1. The van der Waals surface area contributed by atoms with E-state index in [-0.39, 0.29) is 18.2 Å². The molecule has 1 unspecified atom stereocenters. The van der Waals surface area contributed by atoms with Crippen LogP contribution < -0.4 is 5.32 Å². The van der Waals surface area contributed by atoms with E-state index in [1.165, 1.54) is 17.8 Å². The zero-order valence-corrected chi connectivity index (χ0v) is 20.2. The molecule has 1 aromatic heterocycles. The van der Waals surface area contributed by atoms with Gasteiger partial charge in [-0.1, -0.05) is 72.4 Å². The number of hydrogen-bond donors (Lipinski definition) is 2. The third-order valence-electron chi connectivity index (χ3n) is 5.79. The molecule has 0 spiro atoms. The summed E-state index contributed by atoms with van der Waals surface area (Å²) in [7, 11) is 0. The van der Waals surface area contributed by atoms with Crippen molar-refractivity contribution in [2.45, 2.75) is 30.5 Å². The summed E-state index contributed by atoms with van der Waals surface area (Å²) in [4.78, 5) is 17.9. The molecule has 5 rings (SSSR count). The minimum absolute atomic E-state index is 0.113. The Morgan fingerprint density at radius 1 is 1.08 bits per heavy atom. The lowest BCUT2D eigenvalue weighted by atomic mass is 9.96. The number of hydrogen-bond acceptors (Lipinski definition) is 7. The smallest absolute Gasteiger partial charge is 0.338 e. The Morgan fingerprint density at radius 3 is 2.56 bits per heavy atom. The molecule has 0 aliphatic carbocycles. The lowest BCUT2D eigenvalue weighted by Crippen LogP contribution is -2.29. The van der Waals surface area contributed by atoms with Crippen LogP contribution in [0.15, 0.2) is 95.3 Å². The Bertz CT molecular complexity index is 1420. The van der Waals surface area contributed by atoms with Crippen molar-refractivity contribution in [3.05, 3.63) is 113 Å². The van der Waals surface area contributed by atoms with Gasteiger partial charge in [-0.3, -0.25) is 0 Å². The predicted molar refractivity (Wildman–Crippen MR) is 135 cm³/mol. The summed E-state index contributed by atoms with van der Waals surface area (Å²) >= 11 is 1.30. The maximum Gasteiger partial charge on any atom is 0.338 e. The Morgan fingerprint density at radius 2 is 1.81 bits per heavy atom. The summed E-state index contributed by atoms with van der Waals surface area (Å²) in [6.45, 7) is 1.92. The van der Waals surface area contributed by atoms with Gasteiger partial charge in [0.15, 0.2) is 0 Å². The topological polar surface area (TPSA) is 89.3 Å². The molecule has 0 radical (unpaired) electrons. The number of thioether (sulfide) groups is 1. The maximum atomic E-state index is 14.1. The molecular weight excluding hydrogens is 479 g/mol. The maximum absolute atomic E-state index is 14.1. The van der Waals surface area contributed by atoms with Crippen LogP contribution in [-0.4, -0.2) is 25.8 Å². The van der Waals surface area contributed by atoms with Gasteiger partial charge in [-0.2, -0.15) is 4.98 Å². The SMILES string of the molecule is CC1=C(C(=O)OCc2ccccc2)C(c2ccc(O)cc2)n2nc(SCc3ccccc3F)nc2N1. The van der Waals surface area contributed by atoms with Crippen LogP contribution in [0.5, 0.6) is 5.75 Å². The average molecular weight is 503 g/mol. The molecule has 0 fully saturated rings. The second-order valence-corrected chi connectivity index (χ2v) is 9.20. The minimum Gasteiger partial charge on any atom is -0.508 e. The lowest BCUT2D eigenvalue weighted by Gasteiger charge is -2.28. The number of benzene rings is 3. The number of halogens is 1. The number of carbonyl (C=O) groups is 1. The van der Waals surface area contributed by atoms with E-state index < -0.39 is 12.0 Å². The van der Waals surface area contributed by atoms with Gasteiger partial charge in [0.25, 0.3) is 0 Å². The van der Waals surface area contributed by atoms with Crippen molar-refractivity contribution in [2.24, 2.45) is 0 Å². The standard InChI is InChI=1S/C27H23FN4O3S/c1-17-23(25(34)35-15-18-7-3-2-4-8-18)24(19-11-13-21(33)14-12-19)32-26(29-17)30-27(31-32)36-16-20-9-5-6-10-22(20)28/h2-14,24,33H,15-16H2,1H3,(H,29,30,31). The molecule has 3 aromatic carbocycles. The van der Waals surface area contributed by atoms with Crippen molar-refractivity contribution < 1.29 is 19.0 Å². The van der Waals surface area contributed by atoms with Crippen molar-refractivity contribution in [2.75, 3.05) is 5.32 Å². The van der Waals surface area contributed by atoms with Crippen LogP contribution in [0.25, 0.3) is 0 Å². The predicted octanol–water partition coefficient (Wildman–Crippen LogP) is 5.45. The normalized spacial score (nSPS) is 14.8. The first kappa shape index (κ1) is 23.6. The molecule has 0 saturated heterocycles. The first-order valence-corrected chi connectivity index (χ1v) is 12.3. The van der Waals surface area contributed by atoms with E-state index in [2.05, 4.69) is 15.4 Å². The highest BCUT2D eigenvalue weighted by molar-refractivity contribution is 7.98. The number of nitrogens with zero attached hydrogens (tertiary/aromatic N) is 3. The molecule has 2 heterocycles. The van der Waals surface area contributed by atoms with Gasteiger partial charge < -0.3 is 15.2 Å². The highest BCUT2D eigenvalue weighted by Gasteiger charge is 2.35. The minimum atomic E-state index is -0.625. The summed E-state index contributed by atoms with van der Waals surface area (Å²) < 4.78 is 21.4. The highest BCUT2D eigenvalue weighted by Crippen LogP contribution is 2.37. The van der Waals surface area contributed by atoms with E-state index in [1.807, 2.05) is 30.3 Å². The van der Waals surface area contributed by atoms with Gasteiger partial charge in [0, 0.05) is 11.4 Å². The van der Waals surface area contributed by atoms with E-state index in [4.69, 9.17) is 4.74 Å². The summed E-state index contributed by atoms with van der Waals surface area (Å²) in [5.41, 5.74) is 3.15. The number of aromatic hydroxyl groups is 1. The summed E-state index contributed by atoms with van der Waals surface area (Å²) in [5.74, 6) is 0.166. The van der Waals surface area contributed by atoms with Gasteiger partial charge in [-0.05, 0) is 41.8 Å². The van der Waals surface area contributed by atoms with E-state index in [0.717, 1.165) is 11.1 Å². The Labute approximate surface area is 211 Å². The van der Waals surface area contributed by atoms with Crippen LogP contribution in [-0.2, 0) is 21.9 Å². The number of esters is 1. The van der Waals surface area contributed by atoms with Crippen LogP contribution in [0.2, 0.25) is 0 Å². The van der Waals surface area contributed by atoms with Gasteiger partial charge in [-0.15, -0.1) is 5.10 Å². The Hall–Kier alpha value is -4.11.